The second kappa shape index (κ2) is 4.94. The monoisotopic (exact) mass is 186 g/mol. The zero-order chi connectivity index (χ0) is 9.73. The van der Waals surface area contributed by atoms with E-state index in [4.69, 9.17) is 10.5 Å². The van der Waals surface area contributed by atoms with E-state index in [9.17, 15) is 0 Å². The topological polar surface area (TPSA) is 38.5 Å². The first-order chi connectivity index (χ1) is 6.14. The summed E-state index contributed by atoms with van der Waals surface area (Å²) in [5, 5.41) is 0. The van der Waals surface area contributed by atoms with Crippen molar-refractivity contribution in [2.75, 3.05) is 39.4 Å². The molecular formula is C10H22N2O. The van der Waals surface area contributed by atoms with Crippen LogP contribution in [0.15, 0.2) is 0 Å². The van der Waals surface area contributed by atoms with E-state index in [0.29, 0.717) is 0 Å². The predicted octanol–water partition coefficient (Wildman–Crippen LogP) is 0.694. The molecule has 1 saturated heterocycles. The van der Waals surface area contributed by atoms with E-state index in [0.717, 1.165) is 45.8 Å². The summed E-state index contributed by atoms with van der Waals surface area (Å²) in [4.78, 5) is 2.46. The Bertz CT molecular complexity index is 140. The van der Waals surface area contributed by atoms with Gasteiger partial charge in [-0.15, -0.1) is 0 Å². The van der Waals surface area contributed by atoms with Crippen LogP contribution in [0.5, 0.6) is 0 Å². The standard InChI is InChI=1S/C10H22N2O/c1-10(2,8-11)9-12-4-3-6-13-7-5-12/h3-9,11H2,1-2H3. The molecule has 0 amide bonds. The Morgan fingerprint density at radius 2 is 2.08 bits per heavy atom. The van der Waals surface area contributed by atoms with Gasteiger partial charge in [0, 0.05) is 26.2 Å². The Kier molecular flexibility index (Phi) is 4.16. The lowest BCUT2D eigenvalue weighted by molar-refractivity contribution is 0.131. The molecule has 1 rings (SSSR count). The van der Waals surface area contributed by atoms with Crippen molar-refractivity contribution >= 4 is 0 Å². The van der Waals surface area contributed by atoms with Gasteiger partial charge in [-0.3, -0.25) is 0 Å². The predicted molar refractivity (Wildman–Crippen MR) is 54.7 cm³/mol. The fourth-order valence-corrected chi connectivity index (χ4v) is 1.63. The molecule has 0 atom stereocenters. The second-order valence-electron chi connectivity index (χ2n) is 4.61. The minimum Gasteiger partial charge on any atom is -0.380 e. The Labute approximate surface area is 81.2 Å². The maximum absolute atomic E-state index is 5.70. The van der Waals surface area contributed by atoms with Crippen molar-refractivity contribution in [3.63, 3.8) is 0 Å². The molecule has 0 aromatic carbocycles. The normalized spacial score (nSPS) is 21.5. The Hall–Kier alpha value is -0.120. The van der Waals surface area contributed by atoms with Gasteiger partial charge >= 0.3 is 0 Å². The van der Waals surface area contributed by atoms with Crippen molar-refractivity contribution in [3.05, 3.63) is 0 Å². The highest BCUT2D eigenvalue weighted by Crippen LogP contribution is 2.15. The van der Waals surface area contributed by atoms with Crippen molar-refractivity contribution in [1.29, 1.82) is 0 Å². The number of hydrogen-bond acceptors (Lipinski definition) is 3. The minimum absolute atomic E-state index is 0.240. The largest absolute Gasteiger partial charge is 0.380 e. The molecule has 0 aromatic rings. The second-order valence-corrected chi connectivity index (χ2v) is 4.61. The molecule has 2 N–H and O–H groups in total. The molecule has 0 radical (unpaired) electrons. The highest BCUT2D eigenvalue weighted by molar-refractivity contribution is 4.75. The SMILES string of the molecule is CC(C)(CN)CN1CCCOCC1. The van der Waals surface area contributed by atoms with Crippen LogP contribution in [-0.4, -0.2) is 44.3 Å². The van der Waals surface area contributed by atoms with E-state index in [1.807, 2.05) is 0 Å². The van der Waals surface area contributed by atoms with E-state index in [2.05, 4.69) is 18.7 Å². The third-order valence-corrected chi connectivity index (χ3v) is 2.52. The van der Waals surface area contributed by atoms with Gasteiger partial charge in [0.25, 0.3) is 0 Å². The zero-order valence-electron chi connectivity index (χ0n) is 8.88. The van der Waals surface area contributed by atoms with Crippen LogP contribution in [0.1, 0.15) is 20.3 Å². The fraction of sp³-hybridized carbons (Fsp3) is 1.00. The molecule has 78 valence electrons. The summed E-state index contributed by atoms with van der Waals surface area (Å²) in [5.74, 6) is 0. The molecule has 13 heavy (non-hydrogen) atoms. The molecule has 3 nitrogen and oxygen atoms in total. The van der Waals surface area contributed by atoms with E-state index in [1.54, 1.807) is 0 Å². The molecule has 1 fully saturated rings. The number of rotatable bonds is 3. The first-order valence-corrected chi connectivity index (χ1v) is 5.14. The van der Waals surface area contributed by atoms with Gasteiger partial charge in [0.1, 0.15) is 0 Å². The van der Waals surface area contributed by atoms with E-state index >= 15 is 0 Å². The number of hydrogen-bond donors (Lipinski definition) is 1. The maximum Gasteiger partial charge on any atom is 0.0593 e. The maximum atomic E-state index is 5.70. The van der Waals surface area contributed by atoms with Gasteiger partial charge in [0.2, 0.25) is 0 Å². The molecule has 3 heteroatoms. The summed E-state index contributed by atoms with van der Waals surface area (Å²) in [6.45, 7) is 10.3. The van der Waals surface area contributed by atoms with Crippen molar-refractivity contribution in [3.8, 4) is 0 Å². The van der Waals surface area contributed by atoms with Crippen molar-refractivity contribution in [1.82, 2.24) is 4.90 Å². The van der Waals surface area contributed by atoms with Crippen LogP contribution in [0, 0.1) is 5.41 Å². The van der Waals surface area contributed by atoms with Crippen molar-refractivity contribution in [2.24, 2.45) is 11.1 Å². The molecule has 0 aromatic heterocycles. The molecule has 1 heterocycles. The fourth-order valence-electron chi connectivity index (χ4n) is 1.63. The Balaban J connectivity index is 2.33. The molecule has 1 aliphatic heterocycles. The molecule has 1 aliphatic rings. The van der Waals surface area contributed by atoms with Crippen LogP contribution in [0.2, 0.25) is 0 Å². The third kappa shape index (κ3) is 4.07. The van der Waals surface area contributed by atoms with Crippen molar-refractivity contribution in [2.45, 2.75) is 20.3 Å². The quantitative estimate of drug-likeness (QED) is 0.705. The third-order valence-electron chi connectivity index (χ3n) is 2.52. The van der Waals surface area contributed by atoms with Gasteiger partial charge in [0.05, 0.1) is 6.61 Å². The average Bonchev–Trinajstić information content (AvgIpc) is 2.32. The lowest BCUT2D eigenvalue weighted by Gasteiger charge is -2.30. The number of nitrogens with zero attached hydrogens (tertiary/aromatic N) is 1. The Morgan fingerprint density at radius 3 is 2.77 bits per heavy atom. The van der Waals surface area contributed by atoms with Crippen LogP contribution in [0.25, 0.3) is 0 Å². The molecule has 0 aliphatic carbocycles. The zero-order valence-corrected chi connectivity index (χ0v) is 8.88. The van der Waals surface area contributed by atoms with Gasteiger partial charge in [-0.25, -0.2) is 0 Å². The summed E-state index contributed by atoms with van der Waals surface area (Å²) >= 11 is 0. The lowest BCUT2D eigenvalue weighted by Crippen LogP contribution is -2.39. The molecular weight excluding hydrogens is 164 g/mol. The van der Waals surface area contributed by atoms with Crippen LogP contribution in [0.4, 0.5) is 0 Å². The smallest absolute Gasteiger partial charge is 0.0593 e. The van der Waals surface area contributed by atoms with E-state index < -0.39 is 0 Å². The number of ether oxygens (including phenoxy) is 1. The Morgan fingerprint density at radius 1 is 1.31 bits per heavy atom. The van der Waals surface area contributed by atoms with Crippen LogP contribution >= 0.6 is 0 Å². The van der Waals surface area contributed by atoms with Gasteiger partial charge in [-0.05, 0) is 18.4 Å². The van der Waals surface area contributed by atoms with Gasteiger partial charge in [0.15, 0.2) is 0 Å². The summed E-state index contributed by atoms with van der Waals surface area (Å²) in [6.07, 6.45) is 1.15. The average molecular weight is 186 g/mol. The summed E-state index contributed by atoms with van der Waals surface area (Å²) in [7, 11) is 0. The van der Waals surface area contributed by atoms with Crippen LogP contribution in [0.3, 0.4) is 0 Å². The molecule has 0 spiro atoms. The van der Waals surface area contributed by atoms with Crippen molar-refractivity contribution < 1.29 is 4.74 Å². The number of nitrogens with two attached hydrogens (primary N) is 1. The molecule has 0 saturated carbocycles. The highest BCUT2D eigenvalue weighted by Gasteiger charge is 2.20. The lowest BCUT2D eigenvalue weighted by atomic mass is 9.93. The van der Waals surface area contributed by atoms with Gasteiger partial charge in [-0.1, -0.05) is 13.8 Å². The van der Waals surface area contributed by atoms with Crippen LogP contribution in [-0.2, 0) is 4.74 Å². The summed E-state index contributed by atoms with van der Waals surface area (Å²) < 4.78 is 5.40. The van der Waals surface area contributed by atoms with Gasteiger partial charge in [-0.2, -0.15) is 0 Å². The van der Waals surface area contributed by atoms with Gasteiger partial charge < -0.3 is 15.4 Å². The highest BCUT2D eigenvalue weighted by atomic mass is 16.5. The first kappa shape index (κ1) is 11.0. The summed E-state index contributed by atoms with van der Waals surface area (Å²) in [5.41, 5.74) is 5.95. The minimum atomic E-state index is 0.240. The van der Waals surface area contributed by atoms with E-state index in [-0.39, 0.29) is 5.41 Å². The summed E-state index contributed by atoms with van der Waals surface area (Å²) in [6, 6.07) is 0. The molecule has 0 bridgehead atoms. The van der Waals surface area contributed by atoms with E-state index in [1.165, 1.54) is 0 Å². The molecule has 0 unspecified atom stereocenters. The van der Waals surface area contributed by atoms with Crippen LogP contribution < -0.4 is 5.73 Å². The first-order valence-electron chi connectivity index (χ1n) is 5.14.